The number of carbonyl (C=O) groups excluding carboxylic acids is 1. The van der Waals surface area contributed by atoms with Crippen molar-refractivity contribution in [2.45, 2.75) is 19.6 Å². The van der Waals surface area contributed by atoms with E-state index < -0.39 is 5.91 Å². The Labute approximate surface area is 212 Å². The summed E-state index contributed by atoms with van der Waals surface area (Å²) in [5.41, 5.74) is 2.13. The summed E-state index contributed by atoms with van der Waals surface area (Å²) in [6, 6.07) is 19.4. The standard InChI is InChI=1S/C25H18Cl4N2O2/c1-15(18-5-3-2-4-6-18)31-25(32)19(13-30)9-17-11-22(28)24(23(29)12-17)33-14-16-7-8-20(26)21(27)10-16/h2-12,15H,14H2,1H3,(H,31,32)/b19-9-/t15-/m1/s1. The average Bonchev–Trinajstić information content (AvgIpc) is 2.79. The van der Waals surface area contributed by atoms with Crippen LogP contribution in [0.1, 0.15) is 29.7 Å². The number of rotatable bonds is 7. The van der Waals surface area contributed by atoms with E-state index in [4.69, 9.17) is 51.1 Å². The van der Waals surface area contributed by atoms with Crippen LogP contribution in [0.4, 0.5) is 0 Å². The highest BCUT2D eigenvalue weighted by molar-refractivity contribution is 6.42. The van der Waals surface area contributed by atoms with E-state index in [9.17, 15) is 10.1 Å². The van der Waals surface area contributed by atoms with Gasteiger partial charge in [-0.2, -0.15) is 5.26 Å². The van der Waals surface area contributed by atoms with E-state index in [1.54, 1.807) is 30.3 Å². The van der Waals surface area contributed by atoms with Crippen LogP contribution in [0.3, 0.4) is 0 Å². The normalized spacial score (nSPS) is 12.1. The number of carbonyl (C=O) groups is 1. The lowest BCUT2D eigenvalue weighted by molar-refractivity contribution is -0.117. The van der Waals surface area contributed by atoms with Gasteiger partial charge < -0.3 is 10.1 Å². The zero-order valence-electron chi connectivity index (χ0n) is 17.4. The van der Waals surface area contributed by atoms with E-state index in [1.807, 2.05) is 43.3 Å². The van der Waals surface area contributed by atoms with Crippen LogP contribution in [0.5, 0.6) is 5.75 Å². The van der Waals surface area contributed by atoms with Crippen molar-refractivity contribution in [2.24, 2.45) is 0 Å². The molecule has 8 heteroatoms. The molecule has 33 heavy (non-hydrogen) atoms. The highest BCUT2D eigenvalue weighted by Gasteiger charge is 2.15. The van der Waals surface area contributed by atoms with Gasteiger partial charge >= 0.3 is 0 Å². The highest BCUT2D eigenvalue weighted by atomic mass is 35.5. The molecule has 0 aliphatic heterocycles. The molecule has 3 aromatic rings. The van der Waals surface area contributed by atoms with E-state index in [0.717, 1.165) is 11.1 Å². The Hall–Kier alpha value is -2.68. The molecule has 1 atom stereocenters. The molecule has 0 aliphatic carbocycles. The molecule has 0 unspecified atom stereocenters. The summed E-state index contributed by atoms with van der Waals surface area (Å²) in [6.45, 7) is 2.02. The van der Waals surface area contributed by atoms with Gasteiger partial charge in [-0.25, -0.2) is 0 Å². The molecule has 0 aromatic heterocycles. The van der Waals surface area contributed by atoms with Crippen molar-refractivity contribution in [3.05, 3.63) is 103 Å². The molecule has 3 rings (SSSR count). The first-order valence-electron chi connectivity index (χ1n) is 9.82. The summed E-state index contributed by atoms with van der Waals surface area (Å²) in [4.78, 5) is 12.6. The van der Waals surface area contributed by atoms with Crippen molar-refractivity contribution in [1.29, 1.82) is 5.26 Å². The topological polar surface area (TPSA) is 62.1 Å². The van der Waals surface area contributed by atoms with Gasteiger partial charge in [0.1, 0.15) is 18.2 Å². The second-order valence-corrected chi connectivity index (χ2v) is 8.76. The van der Waals surface area contributed by atoms with Crippen LogP contribution in [0.25, 0.3) is 6.08 Å². The predicted octanol–water partition coefficient (Wildman–Crippen LogP) is 7.66. The molecule has 0 bridgehead atoms. The Morgan fingerprint density at radius 2 is 1.67 bits per heavy atom. The Kier molecular flexibility index (Phi) is 8.66. The molecule has 4 nitrogen and oxygen atoms in total. The van der Waals surface area contributed by atoms with E-state index in [1.165, 1.54) is 6.08 Å². The molecule has 0 spiro atoms. The second-order valence-electron chi connectivity index (χ2n) is 7.13. The first-order chi connectivity index (χ1) is 15.8. The minimum Gasteiger partial charge on any atom is -0.486 e. The van der Waals surface area contributed by atoms with Gasteiger partial charge in [0.2, 0.25) is 0 Å². The van der Waals surface area contributed by atoms with Gasteiger partial charge in [-0.1, -0.05) is 82.8 Å². The van der Waals surface area contributed by atoms with Crippen LogP contribution in [0, 0.1) is 11.3 Å². The summed E-state index contributed by atoms with van der Waals surface area (Å²) in [5, 5.41) is 13.7. The van der Waals surface area contributed by atoms with E-state index >= 15 is 0 Å². The average molecular weight is 520 g/mol. The zero-order valence-corrected chi connectivity index (χ0v) is 20.4. The molecular weight excluding hydrogens is 502 g/mol. The van der Waals surface area contributed by atoms with Crippen LogP contribution in [-0.4, -0.2) is 5.91 Å². The lowest BCUT2D eigenvalue weighted by Crippen LogP contribution is -2.27. The molecule has 0 heterocycles. The van der Waals surface area contributed by atoms with Crippen molar-refractivity contribution < 1.29 is 9.53 Å². The zero-order chi connectivity index (χ0) is 24.0. The van der Waals surface area contributed by atoms with Gasteiger partial charge in [-0.15, -0.1) is 0 Å². The number of nitrogens with zero attached hydrogens (tertiary/aromatic N) is 1. The fourth-order valence-electron chi connectivity index (χ4n) is 3.00. The smallest absolute Gasteiger partial charge is 0.262 e. The maximum atomic E-state index is 12.6. The number of ether oxygens (including phenoxy) is 1. The summed E-state index contributed by atoms with van der Waals surface area (Å²) in [5.74, 6) is -0.219. The summed E-state index contributed by atoms with van der Waals surface area (Å²) in [6.07, 6.45) is 1.42. The fourth-order valence-corrected chi connectivity index (χ4v) is 3.93. The van der Waals surface area contributed by atoms with Gasteiger partial charge in [0.05, 0.1) is 26.1 Å². The van der Waals surface area contributed by atoms with E-state index in [0.29, 0.717) is 15.6 Å². The predicted molar refractivity (Wildman–Crippen MR) is 134 cm³/mol. The van der Waals surface area contributed by atoms with Crippen LogP contribution >= 0.6 is 46.4 Å². The van der Waals surface area contributed by atoms with Crippen LogP contribution in [0.2, 0.25) is 20.1 Å². The number of hydrogen-bond donors (Lipinski definition) is 1. The van der Waals surface area contributed by atoms with Gasteiger partial charge in [0.15, 0.2) is 5.75 Å². The van der Waals surface area contributed by atoms with Crippen LogP contribution in [0.15, 0.2) is 66.2 Å². The molecule has 3 aromatic carbocycles. The van der Waals surface area contributed by atoms with Crippen LogP contribution in [-0.2, 0) is 11.4 Å². The molecule has 0 saturated heterocycles. The molecule has 0 saturated carbocycles. The maximum absolute atomic E-state index is 12.6. The maximum Gasteiger partial charge on any atom is 0.262 e. The van der Waals surface area contributed by atoms with Crippen LogP contribution < -0.4 is 10.1 Å². The number of benzene rings is 3. The monoisotopic (exact) mass is 518 g/mol. The lowest BCUT2D eigenvalue weighted by Gasteiger charge is -2.14. The van der Waals surface area contributed by atoms with Crippen molar-refractivity contribution in [3.8, 4) is 11.8 Å². The molecule has 1 amide bonds. The van der Waals surface area contributed by atoms with Crippen molar-refractivity contribution in [2.75, 3.05) is 0 Å². The molecular formula is C25H18Cl4N2O2. The Balaban J connectivity index is 1.74. The number of amides is 1. The largest absolute Gasteiger partial charge is 0.486 e. The van der Waals surface area contributed by atoms with Crippen molar-refractivity contribution in [3.63, 3.8) is 0 Å². The first kappa shape index (κ1) is 25.0. The summed E-state index contributed by atoms with van der Waals surface area (Å²) in [7, 11) is 0. The summed E-state index contributed by atoms with van der Waals surface area (Å²) < 4.78 is 5.75. The van der Waals surface area contributed by atoms with Gasteiger partial charge in [0, 0.05) is 0 Å². The Morgan fingerprint density at radius 1 is 1.00 bits per heavy atom. The molecule has 0 radical (unpaired) electrons. The van der Waals surface area contributed by atoms with E-state index in [2.05, 4.69) is 5.32 Å². The highest BCUT2D eigenvalue weighted by Crippen LogP contribution is 2.36. The number of nitrogens with one attached hydrogen (secondary N) is 1. The number of nitriles is 1. The minimum absolute atomic E-state index is 0.0746. The SMILES string of the molecule is C[C@@H](NC(=O)/C(C#N)=C\c1cc(Cl)c(OCc2ccc(Cl)c(Cl)c2)c(Cl)c1)c1ccccc1. The molecule has 0 aliphatic rings. The quantitative estimate of drug-likeness (QED) is 0.257. The Morgan fingerprint density at radius 3 is 2.27 bits per heavy atom. The first-order valence-corrected chi connectivity index (χ1v) is 11.3. The molecule has 168 valence electrons. The minimum atomic E-state index is -0.499. The third kappa shape index (κ3) is 6.66. The lowest BCUT2D eigenvalue weighted by atomic mass is 10.1. The number of halogens is 4. The third-order valence-electron chi connectivity index (χ3n) is 4.71. The molecule has 0 fully saturated rings. The van der Waals surface area contributed by atoms with Gasteiger partial charge in [0.25, 0.3) is 5.91 Å². The van der Waals surface area contributed by atoms with Crippen molar-refractivity contribution >= 4 is 58.4 Å². The third-order valence-corrected chi connectivity index (χ3v) is 6.01. The van der Waals surface area contributed by atoms with Gasteiger partial charge in [-0.3, -0.25) is 4.79 Å². The fraction of sp³-hybridized carbons (Fsp3) is 0.120. The van der Waals surface area contributed by atoms with E-state index in [-0.39, 0.29) is 34.0 Å². The number of hydrogen-bond acceptors (Lipinski definition) is 3. The molecule has 1 N–H and O–H groups in total. The Bertz CT molecular complexity index is 1210. The van der Waals surface area contributed by atoms with Gasteiger partial charge in [-0.05, 0) is 54.0 Å². The van der Waals surface area contributed by atoms with Crippen molar-refractivity contribution in [1.82, 2.24) is 5.32 Å². The summed E-state index contributed by atoms with van der Waals surface area (Å²) >= 11 is 24.7. The second kappa shape index (κ2) is 11.4.